The van der Waals surface area contributed by atoms with E-state index in [-0.39, 0.29) is 29.3 Å². The molecule has 9 nitrogen and oxygen atoms in total. The Kier molecular flexibility index (Phi) is 5.07. The van der Waals surface area contributed by atoms with Gasteiger partial charge in [-0.2, -0.15) is 13.2 Å². The minimum absolute atomic E-state index is 0.0830. The van der Waals surface area contributed by atoms with Gasteiger partial charge < -0.3 is 10.2 Å². The van der Waals surface area contributed by atoms with Gasteiger partial charge >= 0.3 is 6.18 Å². The predicted molar refractivity (Wildman–Crippen MR) is 108 cm³/mol. The zero-order chi connectivity index (χ0) is 22.5. The number of pyridine rings is 1. The van der Waals surface area contributed by atoms with Gasteiger partial charge in [0.2, 0.25) is 10.1 Å². The molecule has 0 spiro atoms. The molecular formula is C19H19F3N8OS. The van der Waals surface area contributed by atoms with Gasteiger partial charge in [0, 0.05) is 24.8 Å². The average Bonchev–Trinajstić information content (AvgIpc) is 3.13. The number of nitrogens with one attached hydrogen (secondary N) is 1. The van der Waals surface area contributed by atoms with Gasteiger partial charge in [0.05, 0.1) is 18.1 Å². The minimum atomic E-state index is -4.53. The van der Waals surface area contributed by atoms with Gasteiger partial charge in [0.25, 0.3) is 5.91 Å². The quantitative estimate of drug-likeness (QED) is 0.620. The largest absolute Gasteiger partial charge is 0.445 e. The average molecular weight is 464 g/mol. The van der Waals surface area contributed by atoms with Crippen LogP contribution in [0.5, 0.6) is 0 Å². The molecule has 3 unspecified atom stereocenters. The summed E-state index contributed by atoms with van der Waals surface area (Å²) in [5.74, 6) is 0.754. The molecule has 4 heterocycles. The van der Waals surface area contributed by atoms with Crippen molar-refractivity contribution in [2.75, 3.05) is 18.4 Å². The Balaban J connectivity index is 1.38. The number of likely N-dealkylation sites (tertiary alicyclic amines) is 1. The Morgan fingerprint density at radius 2 is 2.09 bits per heavy atom. The molecule has 2 aliphatic rings. The second-order valence-corrected chi connectivity index (χ2v) is 9.04. The van der Waals surface area contributed by atoms with E-state index in [1.807, 2.05) is 6.92 Å². The summed E-state index contributed by atoms with van der Waals surface area (Å²) in [5, 5.41) is 16.6. The maximum Gasteiger partial charge on any atom is 0.445 e. The molecule has 3 atom stereocenters. The van der Waals surface area contributed by atoms with E-state index in [4.69, 9.17) is 0 Å². The van der Waals surface area contributed by atoms with E-state index in [1.54, 1.807) is 23.2 Å². The molecule has 3 aromatic heterocycles. The number of hydrogen-bond acceptors (Lipinski definition) is 8. The van der Waals surface area contributed by atoms with Crippen LogP contribution in [0.2, 0.25) is 0 Å². The first-order chi connectivity index (χ1) is 15.3. The highest BCUT2D eigenvalue weighted by atomic mass is 32.1. The third-order valence-corrected chi connectivity index (χ3v) is 6.74. The van der Waals surface area contributed by atoms with Crippen LogP contribution in [0.3, 0.4) is 0 Å². The van der Waals surface area contributed by atoms with Crippen molar-refractivity contribution in [3.8, 4) is 5.69 Å². The maximum absolute atomic E-state index is 13.6. The number of aryl methyl sites for hydroxylation is 1. The number of amides is 1. The van der Waals surface area contributed by atoms with Gasteiger partial charge in [-0.15, -0.1) is 15.3 Å². The standard InChI is InChI=1S/C19H19F3N8OS/c1-10-2-3-14(30-5-4-24-28-30)15(25-10)16(31)29-9-12-6-11(12)7-13(29)8-23-18-27-26-17(32-18)19(20,21)22/h2-5,11-13H,6-9H2,1H3,(H,23,27). The molecule has 32 heavy (non-hydrogen) atoms. The van der Waals surface area contributed by atoms with Crippen LogP contribution in [0.4, 0.5) is 18.3 Å². The van der Waals surface area contributed by atoms with Crippen LogP contribution in [0.15, 0.2) is 24.5 Å². The van der Waals surface area contributed by atoms with Gasteiger partial charge in [-0.05, 0) is 43.7 Å². The van der Waals surface area contributed by atoms with Crippen molar-refractivity contribution in [3.05, 3.63) is 40.9 Å². The number of carbonyl (C=O) groups is 1. The zero-order valence-electron chi connectivity index (χ0n) is 17.0. The van der Waals surface area contributed by atoms with Crippen LogP contribution < -0.4 is 5.32 Å². The first-order valence-electron chi connectivity index (χ1n) is 10.1. The molecule has 0 bridgehead atoms. The van der Waals surface area contributed by atoms with Crippen LogP contribution in [-0.4, -0.2) is 60.1 Å². The molecular weight excluding hydrogens is 445 g/mol. The van der Waals surface area contributed by atoms with Gasteiger partial charge in [0.1, 0.15) is 0 Å². The Morgan fingerprint density at radius 1 is 1.25 bits per heavy atom. The lowest BCUT2D eigenvalue weighted by molar-refractivity contribution is -0.138. The number of hydrogen-bond donors (Lipinski definition) is 1. The molecule has 1 saturated carbocycles. The molecule has 3 aromatic rings. The van der Waals surface area contributed by atoms with Crippen molar-refractivity contribution in [1.29, 1.82) is 0 Å². The molecule has 1 N–H and O–H groups in total. The van der Waals surface area contributed by atoms with Crippen LogP contribution in [0.1, 0.15) is 34.0 Å². The Labute approximate surface area is 184 Å². The van der Waals surface area contributed by atoms with E-state index in [0.717, 1.165) is 12.8 Å². The van der Waals surface area contributed by atoms with E-state index in [1.165, 1.54) is 10.9 Å². The number of anilines is 1. The molecule has 0 radical (unpaired) electrons. The number of rotatable bonds is 5. The lowest BCUT2D eigenvalue weighted by atomic mass is 10.0. The Hall–Kier alpha value is -3.09. The van der Waals surface area contributed by atoms with Crippen LogP contribution in [-0.2, 0) is 6.18 Å². The fraction of sp³-hybridized carbons (Fsp3) is 0.474. The lowest BCUT2D eigenvalue weighted by Gasteiger charge is -2.35. The highest BCUT2D eigenvalue weighted by Crippen LogP contribution is 2.47. The molecule has 1 saturated heterocycles. The van der Waals surface area contributed by atoms with Gasteiger partial charge in [-0.25, -0.2) is 9.67 Å². The summed E-state index contributed by atoms with van der Waals surface area (Å²) < 4.78 is 39.9. The van der Waals surface area contributed by atoms with Crippen molar-refractivity contribution in [1.82, 2.24) is 35.1 Å². The smallest absolute Gasteiger partial charge is 0.358 e. The number of carbonyl (C=O) groups excluding carboxylic acids is 1. The first-order valence-corrected chi connectivity index (χ1v) is 10.9. The number of fused-ring (bicyclic) bond motifs is 1. The highest BCUT2D eigenvalue weighted by Gasteiger charge is 2.47. The van der Waals surface area contributed by atoms with Crippen molar-refractivity contribution < 1.29 is 18.0 Å². The van der Waals surface area contributed by atoms with E-state index in [2.05, 4.69) is 30.8 Å². The van der Waals surface area contributed by atoms with Crippen molar-refractivity contribution in [2.45, 2.75) is 32.0 Å². The maximum atomic E-state index is 13.6. The normalized spacial score (nSPS) is 22.5. The molecule has 1 aliphatic heterocycles. The first kappa shape index (κ1) is 20.8. The van der Waals surface area contributed by atoms with Crippen molar-refractivity contribution in [3.63, 3.8) is 0 Å². The number of aromatic nitrogens is 6. The van der Waals surface area contributed by atoms with Crippen LogP contribution in [0.25, 0.3) is 5.69 Å². The third kappa shape index (κ3) is 4.04. The second kappa shape index (κ2) is 7.80. The third-order valence-electron chi connectivity index (χ3n) is 5.82. The Morgan fingerprint density at radius 3 is 2.81 bits per heavy atom. The fourth-order valence-electron chi connectivity index (χ4n) is 4.12. The molecule has 0 aromatic carbocycles. The fourth-order valence-corrected chi connectivity index (χ4v) is 4.74. The highest BCUT2D eigenvalue weighted by molar-refractivity contribution is 7.15. The van der Waals surface area contributed by atoms with E-state index >= 15 is 0 Å². The van der Waals surface area contributed by atoms with Crippen LogP contribution in [0, 0.1) is 18.8 Å². The summed E-state index contributed by atoms with van der Waals surface area (Å²) in [7, 11) is 0. The van der Waals surface area contributed by atoms with Gasteiger partial charge in [-0.3, -0.25) is 4.79 Å². The molecule has 2 fully saturated rings. The molecule has 13 heteroatoms. The topological polar surface area (TPSA) is 102 Å². The number of halogens is 3. The monoisotopic (exact) mass is 464 g/mol. The molecule has 5 rings (SSSR count). The molecule has 1 aliphatic carbocycles. The summed E-state index contributed by atoms with van der Waals surface area (Å²) in [6.07, 6.45) is 0.463. The lowest BCUT2D eigenvalue weighted by Crippen LogP contribution is -2.48. The summed E-state index contributed by atoms with van der Waals surface area (Å²) >= 11 is 0.456. The summed E-state index contributed by atoms with van der Waals surface area (Å²) in [5.41, 5.74) is 1.50. The van der Waals surface area contributed by atoms with Crippen LogP contribution >= 0.6 is 11.3 Å². The molecule has 168 valence electrons. The minimum Gasteiger partial charge on any atom is -0.358 e. The summed E-state index contributed by atoms with van der Waals surface area (Å²) in [4.78, 5) is 19.8. The summed E-state index contributed by atoms with van der Waals surface area (Å²) in [6.45, 7) is 2.68. The van der Waals surface area contributed by atoms with E-state index < -0.39 is 11.2 Å². The molecule has 1 amide bonds. The van der Waals surface area contributed by atoms with Crippen molar-refractivity contribution in [2.24, 2.45) is 11.8 Å². The van der Waals surface area contributed by atoms with Gasteiger partial charge in [0.15, 0.2) is 5.69 Å². The number of alkyl halides is 3. The number of nitrogens with zero attached hydrogens (tertiary/aromatic N) is 7. The predicted octanol–water partition coefficient (Wildman–Crippen LogP) is 2.80. The van der Waals surface area contributed by atoms with Crippen molar-refractivity contribution >= 4 is 22.4 Å². The van der Waals surface area contributed by atoms with Gasteiger partial charge in [-0.1, -0.05) is 16.6 Å². The van der Waals surface area contributed by atoms with E-state index in [9.17, 15) is 18.0 Å². The van der Waals surface area contributed by atoms with E-state index in [0.29, 0.717) is 41.1 Å². The second-order valence-electron chi connectivity index (χ2n) is 8.06. The SMILES string of the molecule is Cc1ccc(-n2ccnn2)c(C(=O)N2CC3CC3CC2CNc2nnc(C(F)(F)F)s2)n1. The number of piperidine rings is 1. The zero-order valence-corrected chi connectivity index (χ0v) is 17.8. The summed E-state index contributed by atoms with van der Waals surface area (Å²) in [6, 6.07) is 3.38. The Bertz CT molecular complexity index is 1130.